The van der Waals surface area contributed by atoms with E-state index >= 15 is 0 Å². The second-order valence-electron chi connectivity index (χ2n) is 4.88. The molecule has 0 fully saturated rings. The number of nitrogens with one attached hydrogen (secondary N) is 1. The Bertz CT molecular complexity index is 582. The lowest BCUT2D eigenvalue weighted by Gasteiger charge is -2.12. The van der Waals surface area contributed by atoms with Crippen molar-refractivity contribution in [3.8, 4) is 0 Å². The highest BCUT2D eigenvalue weighted by molar-refractivity contribution is 5.88. The van der Waals surface area contributed by atoms with E-state index in [1.165, 1.54) is 6.07 Å². The molecule has 1 aromatic carbocycles. The molecule has 104 valence electrons. The largest absolute Gasteiger partial charge is 0.417 e. The molecule has 0 saturated heterocycles. The molecule has 0 bridgehead atoms. The fourth-order valence-corrected chi connectivity index (χ4v) is 2.38. The minimum atomic E-state index is -4.33. The second-order valence-corrected chi connectivity index (χ2v) is 4.88. The molecule has 0 aliphatic heterocycles. The van der Waals surface area contributed by atoms with Crippen molar-refractivity contribution in [2.45, 2.75) is 32.6 Å². The molecule has 1 aromatic heterocycles. The first kappa shape index (κ1) is 13.9. The highest BCUT2D eigenvalue weighted by atomic mass is 19.4. The summed E-state index contributed by atoms with van der Waals surface area (Å²) in [6, 6.07) is 4.47. The third-order valence-electron chi connectivity index (χ3n) is 3.17. The van der Waals surface area contributed by atoms with E-state index < -0.39 is 11.7 Å². The van der Waals surface area contributed by atoms with Crippen LogP contribution in [0.3, 0.4) is 0 Å². The lowest BCUT2D eigenvalue weighted by Crippen LogP contribution is -2.08. The molecule has 2 nitrogen and oxygen atoms in total. The van der Waals surface area contributed by atoms with Crippen LogP contribution in [0.2, 0.25) is 0 Å². The zero-order valence-corrected chi connectivity index (χ0v) is 11.2. The Hall–Kier alpha value is -1.49. The highest BCUT2D eigenvalue weighted by Crippen LogP contribution is 2.37. The van der Waals surface area contributed by atoms with Crippen LogP contribution in [0.1, 0.15) is 31.0 Å². The highest BCUT2D eigenvalue weighted by Gasteiger charge is 2.34. The van der Waals surface area contributed by atoms with Gasteiger partial charge in [-0.15, -0.1) is 0 Å². The number of rotatable bonds is 3. The number of alkyl halides is 3. The second kappa shape index (κ2) is 4.89. The third kappa shape index (κ3) is 2.47. The van der Waals surface area contributed by atoms with Gasteiger partial charge < -0.3 is 9.88 Å². The van der Waals surface area contributed by atoms with E-state index in [1.54, 1.807) is 19.3 Å². The van der Waals surface area contributed by atoms with E-state index in [0.29, 0.717) is 23.0 Å². The van der Waals surface area contributed by atoms with Crippen LogP contribution in [-0.2, 0) is 12.7 Å². The van der Waals surface area contributed by atoms with E-state index in [-0.39, 0.29) is 6.04 Å². The number of hydrogen-bond donors (Lipinski definition) is 1. The number of fused-ring (bicyclic) bond motifs is 1. The molecule has 1 N–H and O–H groups in total. The van der Waals surface area contributed by atoms with Crippen molar-refractivity contribution in [3.63, 3.8) is 0 Å². The SMILES string of the molecule is CNCc1cn(C(C)C)c2cccc(C(F)(F)F)c12. The minimum Gasteiger partial charge on any atom is -0.345 e. The van der Waals surface area contributed by atoms with Gasteiger partial charge in [0, 0.05) is 29.7 Å². The van der Waals surface area contributed by atoms with Crippen LogP contribution >= 0.6 is 0 Å². The van der Waals surface area contributed by atoms with Crippen molar-refractivity contribution in [3.05, 3.63) is 35.5 Å². The minimum absolute atomic E-state index is 0.122. The van der Waals surface area contributed by atoms with Gasteiger partial charge >= 0.3 is 6.18 Å². The summed E-state index contributed by atoms with van der Waals surface area (Å²) in [5.41, 5.74) is 0.754. The van der Waals surface area contributed by atoms with Crippen LogP contribution in [0.15, 0.2) is 24.4 Å². The molecule has 0 spiro atoms. The lowest BCUT2D eigenvalue weighted by atomic mass is 10.1. The van der Waals surface area contributed by atoms with Crippen molar-refractivity contribution in [1.82, 2.24) is 9.88 Å². The summed E-state index contributed by atoms with van der Waals surface area (Å²) in [7, 11) is 1.73. The van der Waals surface area contributed by atoms with Crippen LogP contribution in [0, 0.1) is 0 Å². The monoisotopic (exact) mass is 270 g/mol. The molecule has 2 rings (SSSR count). The first-order valence-electron chi connectivity index (χ1n) is 6.20. The molecule has 0 aliphatic carbocycles. The molecule has 0 amide bonds. The van der Waals surface area contributed by atoms with Crippen molar-refractivity contribution in [2.24, 2.45) is 0 Å². The maximum Gasteiger partial charge on any atom is 0.417 e. The molecule has 0 saturated carbocycles. The number of halogens is 3. The zero-order valence-electron chi connectivity index (χ0n) is 11.2. The number of nitrogens with zero attached hydrogens (tertiary/aromatic N) is 1. The van der Waals surface area contributed by atoms with Gasteiger partial charge in [0.15, 0.2) is 0 Å². The van der Waals surface area contributed by atoms with Gasteiger partial charge in [-0.25, -0.2) is 0 Å². The molecular formula is C14H17F3N2. The van der Waals surface area contributed by atoms with Gasteiger partial charge in [0.25, 0.3) is 0 Å². The van der Waals surface area contributed by atoms with Crippen LogP contribution in [0.5, 0.6) is 0 Å². The van der Waals surface area contributed by atoms with Crippen molar-refractivity contribution < 1.29 is 13.2 Å². The maximum atomic E-state index is 13.1. The van der Waals surface area contributed by atoms with Crippen molar-refractivity contribution >= 4 is 10.9 Å². The van der Waals surface area contributed by atoms with E-state index in [4.69, 9.17) is 0 Å². The lowest BCUT2D eigenvalue weighted by molar-refractivity contribution is -0.136. The van der Waals surface area contributed by atoms with Crippen LogP contribution in [0.25, 0.3) is 10.9 Å². The first-order valence-corrected chi connectivity index (χ1v) is 6.20. The van der Waals surface area contributed by atoms with Gasteiger partial charge in [0.2, 0.25) is 0 Å². The Kier molecular flexibility index (Phi) is 3.58. The summed E-state index contributed by atoms with van der Waals surface area (Å²) in [5, 5.41) is 3.23. The van der Waals surface area contributed by atoms with E-state index in [2.05, 4.69) is 5.32 Å². The number of hydrogen-bond acceptors (Lipinski definition) is 1. The molecular weight excluding hydrogens is 253 g/mol. The quantitative estimate of drug-likeness (QED) is 0.893. The van der Waals surface area contributed by atoms with Gasteiger partial charge in [0.1, 0.15) is 0 Å². The Morgan fingerprint density at radius 3 is 2.47 bits per heavy atom. The average molecular weight is 270 g/mol. The molecule has 2 aromatic rings. The van der Waals surface area contributed by atoms with Gasteiger partial charge in [-0.05, 0) is 38.6 Å². The van der Waals surface area contributed by atoms with Gasteiger partial charge in [-0.2, -0.15) is 13.2 Å². The Morgan fingerprint density at radius 2 is 1.95 bits per heavy atom. The fourth-order valence-electron chi connectivity index (χ4n) is 2.38. The Labute approximate surface area is 110 Å². The van der Waals surface area contributed by atoms with Crippen LogP contribution in [-0.4, -0.2) is 11.6 Å². The summed E-state index contributed by atoms with van der Waals surface area (Å²) in [6.07, 6.45) is -2.52. The van der Waals surface area contributed by atoms with Crippen LogP contribution < -0.4 is 5.32 Å². The van der Waals surface area contributed by atoms with E-state index in [1.807, 2.05) is 18.4 Å². The first-order chi connectivity index (χ1) is 8.86. The molecule has 5 heteroatoms. The van der Waals surface area contributed by atoms with Gasteiger partial charge in [0.05, 0.1) is 5.56 Å². The third-order valence-corrected chi connectivity index (χ3v) is 3.17. The average Bonchev–Trinajstić information content (AvgIpc) is 2.67. The molecule has 19 heavy (non-hydrogen) atoms. The molecule has 0 radical (unpaired) electrons. The summed E-state index contributed by atoms with van der Waals surface area (Å²) in [6.45, 7) is 4.34. The molecule has 0 aliphatic rings. The predicted octanol–water partition coefficient (Wildman–Crippen LogP) is 3.96. The summed E-state index contributed by atoms with van der Waals surface area (Å²) < 4.78 is 41.2. The summed E-state index contributed by atoms with van der Waals surface area (Å²) in [5.74, 6) is 0. The standard InChI is InChI=1S/C14H17F3N2/c1-9(2)19-8-10(7-18-3)13-11(14(15,16)17)5-4-6-12(13)19/h4-6,8-9,18H,7H2,1-3H3. The molecule has 0 unspecified atom stereocenters. The Balaban J connectivity index is 2.79. The van der Waals surface area contributed by atoms with E-state index in [0.717, 1.165) is 6.07 Å². The zero-order chi connectivity index (χ0) is 14.2. The van der Waals surface area contributed by atoms with Gasteiger partial charge in [-0.3, -0.25) is 0 Å². The normalized spacial score (nSPS) is 12.6. The van der Waals surface area contributed by atoms with Gasteiger partial charge in [-0.1, -0.05) is 6.07 Å². The summed E-state index contributed by atoms with van der Waals surface area (Å²) >= 11 is 0. The number of benzene rings is 1. The van der Waals surface area contributed by atoms with Crippen molar-refractivity contribution in [2.75, 3.05) is 7.05 Å². The fraction of sp³-hybridized carbons (Fsp3) is 0.429. The number of aromatic nitrogens is 1. The predicted molar refractivity (Wildman–Crippen MR) is 70.1 cm³/mol. The molecule has 0 atom stereocenters. The van der Waals surface area contributed by atoms with Crippen molar-refractivity contribution in [1.29, 1.82) is 0 Å². The summed E-state index contributed by atoms with van der Waals surface area (Å²) in [4.78, 5) is 0. The topological polar surface area (TPSA) is 17.0 Å². The Morgan fingerprint density at radius 1 is 1.26 bits per heavy atom. The smallest absolute Gasteiger partial charge is 0.345 e. The maximum absolute atomic E-state index is 13.1. The van der Waals surface area contributed by atoms with E-state index in [9.17, 15) is 13.2 Å². The molecule has 1 heterocycles. The van der Waals surface area contributed by atoms with Crippen LogP contribution in [0.4, 0.5) is 13.2 Å².